The summed E-state index contributed by atoms with van der Waals surface area (Å²) in [4.78, 5) is 11.2. The number of hydrogen-bond acceptors (Lipinski definition) is 6. The molecule has 4 rings (SSSR count). The van der Waals surface area contributed by atoms with E-state index in [1.807, 2.05) is 6.20 Å². The molecule has 6 nitrogen and oxygen atoms in total. The summed E-state index contributed by atoms with van der Waals surface area (Å²) in [5.74, 6) is 1.11. The maximum atomic E-state index is 6.22. The van der Waals surface area contributed by atoms with Crippen molar-refractivity contribution in [1.29, 1.82) is 0 Å². The third kappa shape index (κ3) is 3.07. The smallest absolute Gasteiger partial charge is 0.220 e. The predicted molar refractivity (Wildman–Crippen MR) is 87.0 cm³/mol. The minimum Gasteiger partial charge on any atom is -0.381 e. The standard InChI is InChI=1S/C17H26N4O2/c18-16-19-11-14-3-10-23-17(15(14)20-16)4-7-21(8-5-17)6-1-13-2-9-22-12-13/h11,13H,1-10,12H2,(H2,18,19,20). The van der Waals surface area contributed by atoms with Gasteiger partial charge in [-0.1, -0.05) is 0 Å². The Balaban J connectivity index is 1.40. The lowest BCUT2D eigenvalue weighted by molar-refractivity contribution is -0.101. The molecule has 126 valence electrons. The van der Waals surface area contributed by atoms with Crippen LogP contribution in [0.2, 0.25) is 0 Å². The van der Waals surface area contributed by atoms with E-state index in [1.54, 1.807) is 0 Å². The van der Waals surface area contributed by atoms with Crippen molar-refractivity contribution >= 4 is 5.95 Å². The molecular weight excluding hydrogens is 292 g/mol. The first kappa shape index (κ1) is 15.3. The molecule has 3 aliphatic rings. The Hall–Kier alpha value is -1.24. The van der Waals surface area contributed by atoms with Crippen LogP contribution in [0, 0.1) is 5.92 Å². The molecule has 1 atom stereocenters. The van der Waals surface area contributed by atoms with Gasteiger partial charge in [0.15, 0.2) is 0 Å². The predicted octanol–water partition coefficient (Wildman–Crippen LogP) is 1.35. The maximum Gasteiger partial charge on any atom is 0.220 e. The quantitative estimate of drug-likeness (QED) is 0.907. The maximum absolute atomic E-state index is 6.22. The summed E-state index contributed by atoms with van der Waals surface area (Å²) in [6.07, 6.45) is 7.25. The zero-order valence-electron chi connectivity index (χ0n) is 13.7. The second kappa shape index (κ2) is 6.34. The largest absolute Gasteiger partial charge is 0.381 e. The van der Waals surface area contributed by atoms with Crippen LogP contribution in [-0.4, -0.2) is 54.3 Å². The van der Waals surface area contributed by atoms with E-state index in [2.05, 4.69) is 14.9 Å². The van der Waals surface area contributed by atoms with E-state index in [4.69, 9.17) is 15.2 Å². The average molecular weight is 318 g/mol. The highest BCUT2D eigenvalue weighted by Crippen LogP contribution is 2.40. The van der Waals surface area contributed by atoms with Crippen LogP contribution in [0.5, 0.6) is 0 Å². The number of piperidine rings is 1. The van der Waals surface area contributed by atoms with E-state index in [-0.39, 0.29) is 5.60 Å². The molecule has 0 saturated carbocycles. The number of anilines is 1. The Labute approximate surface area is 137 Å². The number of hydrogen-bond donors (Lipinski definition) is 1. The lowest BCUT2D eigenvalue weighted by Crippen LogP contribution is -2.47. The molecule has 0 bridgehead atoms. The first-order valence-corrected chi connectivity index (χ1v) is 8.81. The van der Waals surface area contributed by atoms with Crippen LogP contribution in [0.4, 0.5) is 5.95 Å². The molecule has 1 spiro atoms. The van der Waals surface area contributed by atoms with E-state index in [9.17, 15) is 0 Å². The summed E-state index contributed by atoms with van der Waals surface area (Å²) in [5.41, 5.74) is 7.83. The van der Waals surface area contributed by atoms with Gasteiger partial charge in [0.05, 0.1) is 12.3 Å². The van der Waals surface area contributed by atoms with E-state index < -0.39 is 0 Å². The Morgan fingerprint density at radius 2 is 2.17 bits per heavy atom. The van der Waals surface area contributed by atoms with Crippen molar-refractivity contribution in [3.05, 3.63) is 17.5 Å². The molecular formula is C17H26N4O2. The van der Waals surface area contributed by atoms with Crippen molar-refractivity contribution in [2.24, 2.45) is 5.92 Å². The Morgan fingerprint density at radius 1 is 1.30 bits per heavy atom. The van der Waals surface area contributed by atoms with Crippen LogP contribution in [0.1, 0.15) is 36.9 Å². The second-order valence-electron chi connectivity index (χ2n) is 7.05. The first-order valence-electron chi connectivity index (χ1n) is 8.81. The van der Waals surface area contributed by atoms with Gasteiger partial charge in [-0.05, 0) is 50.1 Å². The summed E-state index contributed by atoms with van der Waals surface area (Å²) >= 11 is 0. The van der Waals surface area contributed by atoms with Crippen LogP contribution < -0.4 is 5.73 Å². The molecule has 1 aromatic heterocycles. The number of fused-ring (bicyclic) bond motifs is 2. The molecule has 0 radical (unpaired) electrons. The fourth-order valence-corrected chi connectivity index (χ4v) is 4.12. The fraction of sp³-hybridized carbons (Fsp3) is 0.765. The van der Waals surface area contributed by atoms with E-state index in [1.165, 1.54) is 24.9 Å². The Bertz CT molecular complexity index is 552. The van der Waals surface area contributed by atoms with Gasteiger partial charge >= 0.3 is 0 Å². The topological polar surface area (TPSA) is 73.5 Å². The summed E-state index contributed by atoms with van der Waals surface area (Å²) in [7, 11) is 0. The fourth-order valence-electron chi connectivity index (χ4n) is 4.12. The summed E-state index contributed by atoms with van der Waals surface area (Å²) in [6, 6.07) is 0. The normalized spacial score (nSPS) is 27.2. The zero-order valence-corrected chi connectivity index (χ0v) is 13.7. The number of aromatic nitrogens is 2. The lowest BCUT2D eigenvalue weighted by Gasteiger charge is -2.44. The van der Waals surface area contributed by atoms with Gasteiger partial charge in [-0.3, -0.25) is 0 Å². The van der Waals surface area contributed by atoms with Crippen LogP contribution in [0.15, 0.2) is 6.20 Å². The first-order chi connectivity index (χ1) is 11.3. The van der Waals surface area contributed by atoms with E-state index in [0.29, 0.717) is 5.95 Å². The second-order valence-corrected chi connectivity index (χ2v) is 7.05. The van der Waals surface area contributed by atoms with E-state index in [0.717, 1.165) is 63.8 Å². The van der Waals surface area contributed by atoms with Crippen LogP contribution in [0.25, 0.3) is 0 Å². The number of rotatable bonds is 3. The van der Waals surface area contributed by atoms with Gasteiger partial charge < -0.3 is 20.1 Å². The Kier molecular flexibility index (Phi) is 4.22. The molecule has 1 unspecified atom stereocenters. The van der Waals surface area contributed by atoms with Crippen molar-refractivity contribution in [3.63, 3.8) is 0 Å². The average Bonchev–Trinajstić information content (AvgIpc) is 3.09. The van der Waals surface area contributed by atoms with Gasteiger partial charge in [-0.15, -0.1) is 0 Å². The van der Waals surface area contributed by atoms with Crippen molar-refractivity contribution in [2.45, 2.75) is 37.7 Å². The third-order valence-corrected chi connectivity index (χ3v) is 5.61. The number of nitrogens with two attached hydrogens (primary N) is 1. The summed E-state index contributed by atoms with van der Waals surface area (Å²) in [5, 5.41) is 0. The minimum atomic E-state index is -0.238. The van der Waals surface area contributed by atoms with Crippen LogP contribution in [0.3, 0.4) is 0 Å². The molecule has 0 aliphatic carbocycles. The molecule has 2 fully saturated rings. The molecule has 2 N–H and O–H groups in total. The van der Waals surface area contributed by atoms with Crippen molar-refractivity contribution in [1.82, 2.24) is 14.9 Å². The Morgan fingerprint density at radius 3 is 2.96 bits per heavy atom. The van der Waals surface area contributed by atoms with Gasteiger partial charge in [0.1, 0.15) is 5.60 Å². The van der Waals surface area contributed by atoms with Crippen LogP contribution >= 0.6 is 0 Å². The molecule has 23 heavy (non-hydrogen) atoms. The molecule has 0 amide bonds. The lowest BCUT2D eigenvalue weighted by atomic mass is 9.83. The number of likely N-dealkylation sites (tertiary alicyclic amines) is 1. The van der Waals surface area contributed by atoms with Crippen molar-refractivity contribution in [2.75, 3.05) is 45.2 Å². The number of nitrogen functional groups attached to an aromatic ring is 1. The SMILES string of the molecule is Nc1ncc2c(n1)C1(CCN(CCC3CCOC3)CC1)OCC2. The van der Waals surface area contributed by atoms with Crippen molar-refractivity contribution in [3.8, 4) is 0 Å². The van der Waals surface area contributed by atoms with Crippen molar-refractivity contribution < 1.29 is 9.47 Å². The molecule has 6 heteroatoms. The third-order valence-electron chi connectivity index (χ3n) is 5.61. The molecule has 3 aliphatic heterocycles. The molecule has 4 heterocycles. The molecule has 1 aromatic rings. The van der Waals surface area contributed by atoms with Gasteiger partial charge in [0.2, 0.25) is 5.95 Å². The van der Waals surface area contributed by atoms with Crippen LogP contribution in [-0.2, 0) is 21.5 Å². The highest BCUT2D eigenvalue weighted by atomic mass is 16.5. The van der Waals surface area contributed by atoms with Gasteiger partial charge in [-0.2, -0.15) is 0 Å². The minimum absolute atomic E-state index is 0.238. The molecule has 0 aromatic carbocycles. The summed E-state index contributed by atoms with van der Waals surface area (Å²) < 4.78 is 11.7. The zero-order chi connectivity index (χ0) is 15.7. The highest BCUT2D eigenvalue weighted by Gasteiger charge is 2.42. The highest BCUT2D eigenvalue weighted by molar-refractivity contribution is 5.32. The number of nitrogens with zero attached hydrogens (tertiary/aromatic N) is 3. The molecule has 2 saturated heterocycles. The van der Waals surface area contributed by atoms with Gasteiger partial charge in [0.25, 0.3) is 0 Å². The van der Waals surface area contributed by atoms with Gasteiger partial charge in [0, 0.05) is 32.5 Å². The van der Waals surface area contributed by atoms with Gasteiger partial charge in [-0.25, -0.2) is 9.97 Å². The summed E-state index contributed by atoms with van der Waals surface area (Å²) in [6.45, 7) is 5.96. The monoisotopic (exact) mass is 318 g/mol. The number of ether oxygens (including phenoxy) is 2. The van der Waals surface area contributed by atoms with E-state index >= 15 is 0 Å².